The van der Waals surface area contributed by atoms with E-state index in [-0.39, 0.29) is 25.3 Å². The molecule has 1 aliphatic heterocycles. The summed E-state index contributed by atoms with van der Waals surface area (Å²) in [5, 5.41) is 10.1. The molecular formula is C28H34F3N5O. The Labute approximate surface area is 215 Å². The van der Waals surface area contributed by atoms with E-state index in [0.29, 0.717) is 36.9 Å². The molecule has 1 saturated heterocycles. The second kappa shape index (κ2) is 9.67. The van der Waals surface area contributed by atoms with Crippen molar-refractivity contribution in [3.8, 4) is 0 Å². The van der Waals surface area contributed by atoms with Crippen LogP contribution in [-0.4, -0.2) is 68.6 Å². The van der Waals surface area contributed by atoms with Gasteiger partial charge in [0.25, 0.3) is 0 Å². The zero-order chi connectivity index (χ0) is 26.4. The lowest BCUT2D eigenvalue weighted by molar-refractivity contribution is -0.162. The van der Waals surface area contributed by atoms with Crippen molar-refractivity contribution in [2.75, 3.05) is 62.1 Å². The van der Waals surface area contributed by atoms with Crippen LogP contribution in [0.1, 0.15) is 43.0 Å². The van der Waals surface area contributed by atoms with Crippen LogP contribution in [0.4, 0.5) is 30.4 Å². The summed E-state index contributed by atoms with van der Waals surface area (Å²) in [7, 11) is 5.97. The van der Waals surface area contributed by atoms with Gasteiger partial charge in [0.1, 0.15) is 17.1 Å². The molecule has 1 saturated carbocycles. The van der Waals surface area contributed by atoms with Gasteiger partial charge in [0.15, 0.2) is 0 Å². The van der Waals surface area contributed by atoms with Crippen LogP contribution < -0.4 is 14.7 Å². The van der Waals surface area contributed by atoms with Gasteiger partial charge in [-0.2, -0.15) is 13.2 Å². The SMILES string of the molecule is CN(C)c1ccccc1C1CCN(c2nc(C3(C(F)(F)F)CC3)nc3ccc(N(C)CCO)cc23)CC1. The lowest BCUT2D eigenvalue weighted by Crippen LogP contribution is -2.36. The van der Waals surface area contributed by atoms with Crippen molar-refractivity contribution in [2.45, 2.75) is 43.2 Å². The fourth-order valence-corrected chi connectivity index (χ4v) is 5.47. The van der Waals surface area contributed by atoms with Gasteiger partial charge in [-0.15, -0.1) is 0 Å². The number of halogens is 3. The number of likely N-dealkylation sites (N-methyl/N-ethyl adjacent to an activating group) is 1. The van der Waals surface area contributed by atoms with E-state index in [4.69, 9.17) is 0 Å². The minimum Gasteiger partial charge on any atom is -0.395 e. The highest BCUT2D eigenvalue weighted by molar-refractivity contribution is 5.92. The summed E-state index contributed by atoms with van der Waals surface area (Å²) in [6, 6.07) is 14.0. The summed E-state index contributed by atoms with van der Waals surface area (Å²) in [6.07, 6.45) is -2.53. The Morgan fingerprint density at radius 2 is 1.73 bits per heavy atom. The number of anilines is 3. The first kappa shape index (κ1) is 25.6. The Hall–Kier alpha value is -3.07. The summed E-state index contributed by atoms with van der Waals surface area (Å²) >= 11 is 0. The number of fused-ring (bicyclic) bond motifs is 1. The fraction of sp³-hybridized carbons (Fsp3) is 0.500. The predicted octanol–water partition coefficient (Wildman–Crippen LogP) is 5.10. The Balaban J connectivity index is 1.51. The Kier molecular flexibility index (Phi) is 6.68. The van der Waals surface area contributed by atoms with Crippen molar-refractivity contribution in [2.24, 2.45) is 0 Å². The van der Waals surface area contributed by atoms with Gasteiger partial charge in [-0.25, -0.2) is 9.97 Å². The number of para-hydroxylation sites is 1. The second-order valence-electron chi connectivity index (χ2n) is 10.5. The van der Waals surface area contributed by atoms with E-state index < -0.39 is 11.6 Å². The first-order valence-electron chi connectivity index (χ1n) is 12.9. The average Bonchev–Trinajstić information content (AvgIpc) is 3.71. The van der Waals surface area contributed by atoms with Crippen molar-refractivity contribution in [1.29, 1.82) is 0 Å². The third-order valence-electron chi connectivity index (χ3n) is 7.91. The average molecular weight is 514 g/mol. The maximum Gasteiger partial charge on any atom is 0.401 e. The van der Waals surface area contributed by atoms with Crippen LogP contribution in [0.25, 0.3) is 10.9 Å². The van der Waals surface area contributed by atoms with E-state index in [1.54, 1.807) is 6.07 Å². The Bertz CT molecular complexity index is 1270. The molecule has 1 N–H and O–H groups in total. The Morgan fingerprint density at radius 1 is 1.03 bits per heavy atom. The molecule has 2 heterocycles. The summed E-state index contributed by atoms with van der Waals surface area (Å²) in [5.74, 6) is 0.840. The predicted molar refractivity (Wildman–Crippen MR) is 142 cm³/mol. The first-order valence-corrected chi connectivity index (χ1v) is 12.9. The Morgan fingerprint density at radius 3 is 2.35 bits per heavy atom. The molecule has 0 radical (unpaired) electrons. The monoisotopic (exact) mass is 513 g/mol. The van der Waals surface area contributed by atoms with Crippen LogP contribution in [0.5, 0.6) is 0 Å². The largest absolute Gasteiger partial charge is 0.401 e. The molecule has 1 aromatic heterocycles. The van der Waals surface area contributed by atoms with Gasteiger partial charge in [-0.05, 0) is 61.4 Å². The number of benzene rings is 2. The third kappa shape index (κ3) is 4.69. The number of piperidine rings is 1. The minimum absolute atomic E-state index is 0.00682. The van der Waals surface area contributed by atoms with Crippen LogP contribution in [-0.2, 0) is 5.41 Å². The van der Waals surface area contributed by atoms with E-state index in [2.05, 4.69) is 38.0 Å². The quantitative estimate of drug-likeness (QED) is 0.474. The molecule has 0 amide bonds. The van der Waals surface area contributed by atoms with Gasteiger partial charge < -0.3 is 19.8 Å². The highest BCUT2D eigenvalue weighted by Gasteiger charge is 2.66. The van der Waals surface area contributed by atoms with Gasteiger partial charge in [0.2, 0.25) is 0 Å². The van der Waals surface area contributed by atoms with Crippen LogP contribution in [0.15, 0.2) is 42.5 Å². The summed E-state index contributed by atoms with van der Waals surface area (Å²) in [4.78, 5) is 15.2. The molecule has 1 aliphatic carbocycles. The molecule has 0 bridgehead atoms. The topological polar surface area (TPSA) is 55.7 Å². The molecule has 0 atom stereocenters. The normalized spacial score (nSPS) is 17.8. The van der Waals surface area contributed by atoms with Crippen molar-refractivity contribution in [3.63, 3.8) is 0 Å². The molecule has 198 valence electrons. The zero-order valence-corrected chi connectivity index (χ0v) is 21.6. The van der Waals surface area contributed by atoms with Crippen LogP contribution >= 0.6 is 0 Å². The van der Waals surface area contributed by atoms with E-state index >= 15 is 0 Å². The lowest BCUT2D eigenvalue weighted by Gasteiger charge is -2.35. The summed E-state index contributed by atoms with van der Waals surface area (Å²) in [6.45, 7) is 1.86. The molecule has 2 aliphatic rings. The van der Waals surface area contributed by atoms with Crippen LogP contribution in [0.3, 0.4) is 0 Å². The molecule has 2 aromatic carbocycles. The smallest absolute Gasteiger partial charge is 0.395 e. The number of rotatable bonds is 7. The van der Waals surface area contributed by atoms with Gasteiger partial charge in [-0.3, -0.25) is 0 Å². The highest BCUT2D eigenvalue weighted by atomic mass is 19.4. The molecular weight excluding hydrogens is 479 g/mol. The number of hydrogen-bond acceptors (Lipinski definition) is 6. The van der Waals surface area contributed by atoms with Gasteiger partial charge in [-0.1, -0.05) is 18.2 Å². The zero-order valence-electron chi connectivity index (χ0n) is 21.6. The van der Waals surface area contributed by atoms with Crippen molar-refractivity contribution >= 4 is 28.1 Å². The maximum atomic E-state index is 14.0. The van der Waals surface area contributed by atoms with Crippen molar-refractivity contribution in [1.82, 2.24) is 9.97 Å². The first-order chi connectivity index (χ1) is 17.6. The van der Waals surface area contributed by atoms with Crippen LogP contribution in [0, 0.1) is 0 Å². The number of aliphatic hydroxyl groups excluding tert-OH is 1. The molecule has 37 heavy (non-hydrogen) atoms. The van der Waals surface area contributed by atoms with Gasteiger partial charge in [0, 0.05) is 57.5 Å². The lowest BCUT2D eigenvalue weighted by atomic mass is 9.88. The molecule has 6 nitrogen and oxygen atoms in total. The standard InChI is InChI=1S/C28H34F3N5O/c1-34(2)24-7-5-4-6-21(24)19-10-14-36(15-11-19)25-22-18-20(35(3)16-17-37)8-9-23(22)32-26(33-25)27(12-13-27)28(29,30)31/h4-9,18-19,37H,10-17H2,1-3H3. The number of aliphatic hydroxyl groups is 1. The summed E-state index contributed by atoms with van der Waals surface area (Å²) in [5.41, 5.74) is 1.96. The molecule has 0 spiro atoms. The molecule has 9 heteroatoms. The van der Waals surface area contributed by atoms with Crippen LogP contribution in [0.2, 0.25) is 0 Å². The fourth-order valence-electron chi connectivity index (χ4n) is 5.47. The van der Waals surface area contributed by atoms with Gasteiger partial charge in [0.05, 0.1) is 12.1 Å². The van der Waals surface area contributed by atoms with E-state index in [9.17, 15) is 18.3 Å². The van der Waals surface area contributed by atoms with E-state index in [0.717, 1.165) is 23.9 Å². The minimum atomic E-state index is -4.37. The van der Waals surface area contributed by atoms with Crippen molar-refractivity contribution < 1.29 is 18.3 Å². The number of nitrogens with zero attached hydrogens (tertiary/aromatic N) is 5. The molecule has 3 aromatic rings. The molecule has 0 unspecified atom stereocenters. The molecule has 5 rings (SSSR count). The summed E-state index contributed by atoms with van der Waals surface area (Å²) < 4.78 is 42.1. The number of aromatic nitrogens is 2. The number of alkyl halides is 3. The second-order valence-corrected chi connectivity index (χ2v) is 10.5. The van der Waals surface area contributed by atoms with E-state index in [1.165, 1.54) is 11.3 Å². The van der Waals surface area contributed by atoms with Gasteiger partial charge >= 0.3 is 6.18 Å². The third-order valence-corrected chi connectivity index (χ3v) is 7.91. The highest BCUT2D eigenvalue weighted by Crippen LogP contribution is 2.58. The molecule has 2 fully saturated rings. The van der Waals surface area contributed by atoms with Crippen molar-refractivity contribution in [3.05, 3.63) is 53.9 Å². The number of hydrogen-bond donors (Lipinski definition) is 1. The van der Waals surface area contributed by atoms with E-state index in [1.807, 2.05) is 44.2 Å². The maximum absolute atomic E-state index is 14.0.